The molecule has 2 aromatic heterocycles. The number of hydrogen-bond donors (Lipinski definition) is 1. The minimum Gasteiger partial charge on any atom is -0.381 e. The lowest BCUT2D eigenvalue weighted by atomic mass is 9.86. The van der Waals surface area contributed by atoms with Crippen LogP contribution in [-0.4, -0.2) is 52.1 Å². The number of nitrogens with one attached hydrogen (secondary N) is 1. The Hall–Kier alpha value is -2.54. The van der Waals surface area contributed by atoms with E-state index in [2.05, 4.69) is 15.0 Å². The van der Waals surface area contributed by atoms with E-state index in [1.807, 2.05) is 17.0 Å². The van der Waals surface area contributed by atoms with Gasteiger partial charge in [-0.05, 0) is 44.2 Å². The Labute approximate surface area is 164 Å². The maximum atomic E-state index is 12.9. The van der Waals surface area contributed by atoms with Gasteiger partial charge in [0.15, 0.2) is 0 Å². The molecule has 7 heteroatoms. The van der Waals surface area contributed by atoms with Crippen LogP contribution >= 0.6 is 0 Å². The maximum Gasteiger partial charge on any atom is 0.251 e. The van der Waals surface area contributed by atoms with Crippen molar-refractivity contribution >= 4 is 5.91 Å². The van der Waals surface area contributed by atoms with E-state index in [4.69, 9.17) is 4.74 Å². The van der Waals surface area contributed by atoms with Crippen molar-refractivity contribution in [2.24, 2.45) is 5.92 Å². The van der Waals surface area contributed by atoms with Gasteiger partial charge in [-0.1, -0.05) is 0 Å². The van der Waals surface area contributed by atoms with Gasteiger partial charge in [0.25, 0.3) is 5.56 Å². The summed E-state index contributed by atoms with van der Waals surface area (Å²) in [7, 11) is 1.74. The van der Waals surface area contributed by atoms with Crippen LogP contribution in [0.2, 0.25) is 0 Å². The van der Waals surface area contributed by atoms with E-state index in [0.717, 1.165) is 37.7 Å². The number of aromatic amines is 1. The third-order valence-electron chi connectivity index (χ3n) is 5.96. The normalized spacial score (nSPS) is 25.0. The van der Waals surface area contributed by atoms with Gasteiger partial charge in [0.1, 0.15) is 5.82 Å². The van der Waals surface area contributed by atoms with Gasteiger partial charge in [0.05, 0.1) is 11.8 Å². The van der Waals surface area contributed by atoms with Crippen LogP contribution < -0.4 is 5.56 Å². The molecule has 1 saturated heterocycles. The molecule has 4 rings (SSSR count). The van der Waals surface area contributed by atoms with Crippen LogP contribution in [0.1, 0.15) is 43.8 Å². The Bertz CT molecular complexity index is 875. The van der Waals surface area contributed by atoms with Crippen LogP contribution in [0.15, 0.2) is 35.4 Å². The van der Waals surface area contributed by atoms with Gasteiger partial charge in [-0.15, -0.1) is 0 Å². The number of aromatic nitrogens is 3. The van der Waals surface area contributed by atoms with Crippen molar-refractivity contribution in [3.63, 3.8) is 0 Å². The van der Waals surface area contributed by atoms with Crippen LogP contribution in [0.3, 0.4) is 0 Å². The van der Waals surface area contributed by atoms with Gasteiger partial charge >= 0.3 is 0 Å². The van der Waals surface area contributed by atoms with Gasteiger partial charge in [0, 0.05) is 56.1 Å². The highest BCUT2D eigenvalue weighted by Gasteiger charge is 2.34. The van der Waals surface area contributed by atoms with E-state index in [1.165, 1.54) is 6.07 Å². The molecule has 1 aliphatic heterocycles. The predicted octanol–water partition coefficient (Wildman–Crippen LogP) is 2.35. The molecule has 2 aliphatic rings. The van der Waals surface area contributed by atoms with E-state index in [1.54, 1.807) is 19.5 Å². The first kappa shape index (κ1) is 18.8. The second kappa shape index (κ2) is 8.22. The molecule has 1 amide bonds. The summed E-state index contributed by atoms with van der Waals surface area (Å²) in [5, 5.41) is 0. The number of H-pyrrole nitrogens is 1. The molecule has 0 bridgehead atoms. The number of amides is 1. The summed E-state index contributed by atoms with van der Waals surface area (Å²) in [6.07, 6.45) is 8.19. The summed E-state index contributed by atoms with van der Waals surface area (Å²) in [5.41, 5.74) is 1.26. The number of methoxy groups -OCH3 is 1. The van der Waals surface area contributed by atoms with Gasteiger partial charge in [0.2, 0.25) is 5.91 Å². The first-order valence-corrected chi connectivity index (χ1v) is 9.97. The lowest BCUT2D eigenvalue weighted by Gasteiger charge is -2.29. The third kappa shape index (κ3) is 3.99. The molecule has 28 heavy (non-hydrogen) atoms. The zero-order chi connectivity index (χ0) is 19.5. The fourth-order valence-electron chi connectivity index (χ4n) is 4.32. The van der Waals surface area contributed by atoms with Crippen molar-refractivity contribution in [1.82, 2.24) is 19.9 Å². The largest absolute Gasteiger partial charge is 0.381 e. The number of pyridine rings is 1. The number of ether oxygens (including phenoxy) is 1. The molecule has 0 radical (unpaired) electrons. The quantitative estimate of drug-likeness (QED) is 0.877. The van der Waals surface area contributed by atoms with Gasteiger partial charge in [-0.25, -0.2) is 4.98 Å². The molecule has 1 atom stereocenters. The SMILES string of the molecule is COC1CCC(C(=O)N2CC[C@H](c3nc(-c4cccnc4)cc(=O)[nH]3)C2)CC1. The van der Waals surface area contributed by atoms with Crippen LogP contribution in [0.4, 0.5) is 0 Å². The smallest absolute Gasteiger partial charge is 0.251 e. The van der Waals surface area contributed by atoms with Gasteiger partial charge in [-0.2, -0.15) is 0 Å². The van der Waals surface area contributed by atoms with Crippen LogP contribution in [-0.2, 0) is 9.53 Å². The van der Waals surface area contributed by atoms with Crippen LogP contribution in [0, 0.1) is 5.92 Å². The highest BCUT2D eigenvalue weighted by molar-refractivity contribution is 5.79. The monoisotopic (exact) mass is 382 g/mol. The fourth-order valence-corrected chi connectivity index (χ4v) is 4.32. The van der Waals surface area contributed by atoms with Crippen molar-refractivity contribution in [3.8, 4) is 11.3 Å². The average Bonchev–Trinajstić information content (AvgIpc) is 3.24. The zero-order valence-electron chi connectivity index (χ0n) is 16.1. The van der Waals surface area contributed by atoms with E-state index in [9.17, 15) is 9.59 Å². The zero-order valence-corrected chi connectivity index (χ0v) is 16.1. The van der Waals surface area contributed by atoms with Crippen LogP contribution in [0.25, 0.3) is 11.3 Å². The summed E-state index contributed by atoms with van der Waals surface area (Å²) in [5.74, 6) is 1.05. The van der Waals surface area contributed by atoms with Crippen molar-refractivity contribution in [3.05, 3.63) is 46.8 Å². The summed E-state index contributed by atoms with van der Waals surface area (Å²) in [4.78, 5) is 38.6. The molecule has 0 aromatic carbocycles. The number of carbonyl (C=O) groups is 1. The Morgan fingerprint density at radius 2 is 2.07 bits per heavy atom. The third-order valence-corrected chi connectivity index (χ3v) is 5.96. The molecule has 1 aliphatic carbocycles. The number of likely N-dealkylation sites (tertiary alicyclic amines) is 1. The number of hydrogen-bond acceptors (Lipinski definition) is 5. The summed E-state index contributed by atoms with van der Waals surface area (Å²) < 4.78 is 5.41. The molecule has 2 aromatic rings. The van der Waals surface area contributed by atoms with Crippen molar-refractivity contribution in [2.75, 3.05) is 20.2 Å². The number of nitrogens with zero attached hydrogens (tertiary/aromatic N) is 3. The molecule has 3 heterocycles. The molecule has 1 saturated carbocycles. The first-order chi connectivity index (χ1) is 13.6. The molecule has 0 unspecified atom stereocenters. The maximum absolute atomic E-state index is 12.9. The first-order valence-electron chi connectivity index (χ1n) is 9.97. The standard InChI is InChI=1S/C21H26N4O3/c1-28-17-6-4-14(5-7-17)21(27)25-10-8-16(13-25)20-23-18(11-19(26)24-20)15-3-2-9-22-12-15/h2-3,9,11-12,14,16-17H,4-8,10,13H2,1H3,(H,23,24,26)/t14?,16-,17?/m0/s1. The van der Waals surface area contributed by atoms with E-state index in [-0.39, 0.29) is 23.3 Å². The fraction of sp³-hybridized carbons (Fsp3) is 0.524. The average molecular weight is 382 g/mol. The van der Waals surface area contributed by atoms with Crippen LogP contribution in [0.5, 0.6) is 0 Å². The molecule has 7 nitrogen and oxygen atoms in total. The molecule has 148 valence electrons. The van der Waals surface area contributed by atoms with E-state index >= 15 is 0 Å². The van der Waals surface area contributed by atoms with Gasteiger partial charge < -0.3 is 14.6 Å². The molecule has 2 fully saturated rings. The second-order valence-corrected chi connectivity index (χ2v) is 7.74. The molecular weight excluding hydrogens is 356 g/mol. The number of carbonyl (C=O) groups excluding carboxylic acids is 1. The summed E-state index contributed by atoms with van der Waals surface area (Å²) in [6.45, 7) is 1.33. The molecule has 1 N–H and O–H groups in total. The molecule has 0 spiro atoms. The van der Waals surface area contributed by atoms with Gasteiger partial charge in [-0.3, -0.25) is 14.6 Å². The summed E-state index contributed by atoms with van der Waals surface area (Å²) in [6, 6.07) is 5.21. The topological polar surface area (TPSA) is 88.2 Å². The molecular formula is C21H26N4O3. The lowest BCUT2D eigenvalue weighted by molar-refractivity contribution is -0.136. The van der Waals surface area contributed by atoms with Crippen molar-refractivity contribution in [1.29, 1.82) is 0 Å². The minimum atomic E-state index is -0.175. The Balaban J connectivity index is 1.45. The highest BCUT2D eigenvalue weighted by Crippen LogP contribution is 2.31. The minimum absolute atomic E-state index is 0.0589. The lowest BCUT2D eigenvalue weighted by Crippen LogP contribution is -2.37. The van der Waals surface area contributed by atoms with E-state index in [0.29, 0.717) is 30.7 Å². The Morgan fingerprint density at radius 3 is 2.79 bits per heavy atom. The predicted molar refractivity (Wildman–Crippen MR) is 105 cm³/mol. The Morgan fingerprint density at radius 1 is 1.25 bits per heavy atom. The van der Waals surface area contributed by atoms with Crippen molar-refractivity contribution in [2.45, 2.75) is 44.1 Å². The summed E-state index contributed by atoms with van der Waals surface area (Å²) >= 11 is 0. The number of rotatable bonds is 4. The van der Waals surface area contributed by atoms with Crippen molar-refractivity contribution < 1.29 is 9.53 Å². The second-order valence-electron chi connectivity index (χ2n) is 7.74. The Kier molecular flexibility index (Phi) is 5.52. The highest BCUT2D eigenvalue weighted by atomic mass is 16.5. The van der Waals surface area contributed by atoms with E-state index < -0.39 is 0 Å².